The highest BCUT2D eigenvalue weighted by atomic mass is 15.0. The van der Waals surface area contributed by atoms with Gasteiger partial charge in [-0.15, -0.1) is 0 Å². The van der Waals surface area contributed by atoms with E-state index < -0.39 is 0 Å². The molecule has 4 nitrogen and oxygen atoms in total. The minimum Gasteiger partial charge on any atom is -0.398 e. The zero-order chi connectivity index (χ0) is 26.2. The van der Waals surface area contributed by atoms with E-state index in [1.807, 2.05) is 60.7 Å². The number of benzene rings is 3. The standard InChI is InChI=1S/C33H34N4/c1-5-23(3)21-29(24(4)17-18-25-19-20-26(6-2)30(34)22-25)33-36-31(27-13-9-7-10-14-27)35-32(37-33)28-15-11-8-12-16-28/h7-16,19-22H,3-6,17-18,34H2,1-2H3/b29-21+. The van der Waals surface area contributed by atoms with Gasteiger partial charge in [0.25, 0.3) is 0 Å². The molecule has 2 N–H and O–H groups in total. The summed E-state index contributed by atoms with van der Waals surface area (Å²) in [5.41, 5.74) is 14.2. The zero-order valence-corrected chi connectivity index (χ0v) is 21.7. The number of rotatable bonds is 10. The van der Waals surface area contributed by atoms with Gasteiger partial charge in [-0.3, -0.25) is 0 Å². The molecule has 0 unspecified atom stereocenters. The summed E-state index contributed by atoms with van der Waals surface area (Å²) < 4.78 is 0. The first kappa shape index (κ1) is 25.8. The van der Waals surface area contributed by atoms with Crippen molar-refractivity contribution in [3.05, 3.63) is 126 Å². The third kappa shape index (κ3) is 6.47. The molecule has 0 radical (unpaired) electrons. The number of hydrogen-bond acceptors (Lipinski definition) is 4. The topological polar surface area (TPSA) is 64.7 Å². The number of anilines is 1. The quantitative estimate of drug-likeness (QED) is 0.183. The molecule has 0 atom stereocenters. The fourth-order valence-electron chi connectivity index (χ4n) is 4.11. The highest BCUT2D eigenvalue weighted by Crippen LogP contribution is 2.29. The van der Waals surface area contributed by atoms with Crippen LogP contribution in [-0.4, -0.2) is 15.0 Å². The number of aromatic nitrogens is 3. The molecule has 4 rings (SSSR count). The Bertz CT molecular complexity index is 1360. The molecule has 0 aliphatic carbocycles. The largest absolute Gasteiger partial charge is 0.398 e. The van der Waals surface area contributed by atoms with Crippen molar-refractivity contribution in [1.82, 2.24) is 15.0 Å². The maximum atomic E-state index is 6.24. The predicted octanol–water partition coefficient (Wildman–Crippen LogP) is 7.89. The summed E-state index contributed by atoms with van der Waals surface area (Å²) >= 11 is 0. The smallest absolute Gasteiger partial charge is 0.164 e. The Hall–Kier alpha value is -4.31. The van der Waals surface area contributed by atoms with Gasteiger partial charge in [-0.1, -0.05) is 105 Å². The minimum absolute atomic E-state index is 0.605. The lowest BCUT2D eigenvalue weighted by molar-refractivity contribution is 0.957. The first-order chi connectivity index (χ1) is 18.0. The van der Waals surface area contributed by atoms with Crippen LogP contribution >= 0.6 is 0 Å². The van der Waals surface area contributed by atoms with Gasteiger partial charge in [0.2, 0.25) is 0 Å². The van der Waals surface area contributed by atoms with Crippen LogP contribution in [0, 0.1) is 0 Å². The van der Waals surface area contributed by atoms with Gasteiger partial charge in [0.05, 0.1) is 0 Å². The van der Waals surface area contributed by atoms with Crippen molar-refractivity contribution in [2.45, 2.75) is 39.5 Å². The second kappa shape index (κ2) is 12.1. The average Bonchev–Trinajstić information content (AvgIpc) is 2.95. The highest BCUT2D eigenvalue weighted by Gasteiger charge is 2.16. The van der Waals surface area contributed by atoms with Gasteiger partial charge in [-0.25, -0.2) is 15.0 Å². The van der Waals surface area contributed by atoms with Crippen LogP contribution in [0.15, 0.2) is 109 Å². The van der Waals surface area contributed by atoms with Crippen molar-refractivity contribution in [2.75, 3.05) is 5.73 Å². The molecule has 0 saturated carbocycles. The van der Waals surface area contributed by atoms with E-state index in [9.17, 15) is 0 Å². The van der Waals surface area contributed by atoms with E-state index in [4.69, 9.17) is 20.7 Å². The first-order valence-electron chi connectivity index (χ1n) is 12.8. The van der Waals surface area contributed by atoms with Crippen LogP contribution in [0.3, 0.4) is 0 Å². The van der Waals surface area contributed by atoms with Gasteiger partial charge >= 0.3 is 0 Å². The maximum Gasteiger partial charge on any atom is 0.164 e. The van der Waals surface area contributed by atoms with Gasteiger partial charge < -0.3 is 5.73 Å². The molecule has 0 amide bonds. The molecule has 186 valence electrons. The van der Waals surface area contributed by atoms with E-state index in [0.29, 0.717) is 17.5 Å². The van der Waals surface area contributed by atoms with Crippen LogP contribution in [0.5, 0.6) is 0 Å². The van der Waals surface area contributed by atoms with Crippen LogP contribution in [0.1, 0.15) is 43.6 Å². The van der Waals surface area contributed by atoms with Gasteiger partial charge in [0, 0.05) is 22.4 Å². The molecule has 0 aliphatic rings. The van der Waals surface area contributed by atoms with Crippen molar-refractivity contribution in [1.29, 1.82) is 0 Å². The summed E-state index contributed by atoms with van der Waals surface area (Å²) in [4.78, 5) is 14.7. The molecular weight excluding hydrogens is 452 g/mol. The molecule has 37 heavy (non-hydrogen) atoms. The lowest BCUT2D eigenvalue weighted by atomic mass is 9.96. The predicted molar refractivity (Wildman–Crippen MR) is 156 cm³/mol. The molecule has 1 aromatic heterocycles. The van der Waals surface area contributed by atoms with Crippen LogP contribution < -0.4 is 5.73 Å². The third-order valence-corrected chi connectivity index (χ3v) is 6.43. The molecule has 0 saturated heterocycles. The van der Waals surface area contributed by atoms with Crippen molar-refractivity contribution in [3.63, 3.8) is 0 Å². The first-order valence-corrected chi connectivity index (χ1v) is 12.8. The molecule has 0 aliphatic heterocycles. The number of nitrogens with zero attached hydrogens (tertiary/aromatic N) is 3. The Labute approximate surface area is 220 Å². The van der Waals surface area contributed by atoms with E-state index in [1.54, 1.807) is 0 Å². The molecular formula is C33H34N4. The normalized spacial score (nSPS) is 11.4. The molecule has 0 spiro atoms. The Morgan fingerprint density at radius 2 is 1.41 bits per heavy atom. The number of nitrogens with two attached hydrogens (primary N) is 1. The Morgan fingerprint density at radius 3 is 1.92 bits per heavy atom. The van der Waals surface area contributed by atoms with Crippen LogP contribution in [0.25, 0.3) is 28.3 Å². The third-order valence-electron chi connectivity index (χ3n) is 6.43. The lowest BCUT2D eigenvalue weighted by Crippen LogP contribution is -2.05. The second-order valence-electron chi connectivity index (χ2n) is 9.10. The van der Waals surface area contributed by atoms with Gasteiger partial charge in [-0.2, -0.15) is 0 Å². The number of allylic oxidation sites excluding steroid dienone is 4. The highest BCUT2D eigenvalue weighted by molar-refractivity contribution is 5.78. The van der Waals surface area contributed by atoms with Crippen molar-refractivity contribution < 1.29 is 0 Å². The summed E-state index contributed by atoms with van der Waals surface area (Å²) in [5.74, 6) is 1.87. The molecule has 0 bridgehead atoms. The number of hydrogen-bond donors (Lipinski definition) is 1. The summed E-state index contributed by atoms with van der Waals surface area (Å²) in [5, 5.41) is 0. The van der Waals surface area contributed by atoms with Gasteiger partial charge in [-0.05, 0) is 54.5 Å². The monoisotopic (exact) mass is 486 g/mol. The van der Waals surface area contributed by atoms with E-state index in [-0.39, 0.29) is 0 Å². The average molecular weight is 487 g/mol. The minimum atomic E-state index is 0.605. The Balaban J connectivity index is 1.74. The van der Waals surface area contributed by atoms with Crippen molar-refractivity contribution in [2.24, 2.45) is 0 Å². The van der Waals surface area contributed by atoms with Gasteiger partial charge in [0.15, 0.2) is 17.5 Å². The number of nitrogen functional groups attached to an aromatic ring is 1. The van der Waals surface area contributed by atoms with E-state index in [1.165, 1.54) is 11.1 Å². The number of aryl methyl sites for hydroxylation is 2. The lowest BCUT2D eigenvalue weighted by Gasteiger charge is -2.14. The van der Waals surface area contributed by atoms with Crippen LogP contribution in [0.2, 0.25) is 0 Å². The Morgan fingerprint density at radius 1 is 0.811 bits per heavy atom. The van der Waals surface area contributed by atoms with E-state index in [2.05, 4.69) is 51.3 Å². The SMILES string of the molecule is C=C(/C=C(\C(=C)CCc1ccc(CC)c(N)c1)c1nc(-c2ccccc2)nc(-c2ccccc2)n1)CC. The zero-order valence-electron chi connectivity index (χ0n) is 21.7. The summed E-state index contributed by atoms with van der Waals surface area (Å²) in [7, 11) is 0. The fourth-order valence-corrected chi connectivity index (χ4v) is 4.11. The molecule has 3 aromatic carbocycles. The van der Waals surface area contributed by atoms with Crippen LogP contribution in [-0.2, 0) is 12.8 Å². The Kier molecular flexibility index (Phi) is 8.42. The van der Waals surface area contributed by atoms with Crippen LogP contribution in [0.4, 0.5) is 5.69 Å². The second-order valence-corrected chi connectivity index (χ2v) is 9.10. The summed E-state index contributed by atoms with van der Waals surface area (Å²) in [6.45, 7) is 12.9. The molecule has 0 fully saturated rings. The van der Waals surface area contributed by atoms with Gasteiger partial charge in [0.1, 0.15) is 0 Å². The maximum absolute atomic E-state index is 6.24. The summed E-state index contributed by atoms with van der Waals surface area (Å²) in [6.07, 6.45) is 5.40. The van der Waals surface area contributed by atoms with E-state index in [0.717, 1.165) is 59.2 Å². The van der Waals surface area contributed by atoms with Crippen molar-refractivity contribution >= 4 is 11.3 Å². The molecule has 4 heteroatoms. The van der Waals surface area contributed by atoms with Crippen molar-refractivity contribution in [3.8, 4) is 22.8 Å². The fraction of sp³-hybridized carbons (Fsp3) is 0.182. The van der Waals surface area contributed by atoms with E-state index >= 15 is 0 Å². The molecule has 1 heterocycles. The molecule has 4 aromatic rings. The summed E-state index contributed by atoms with van der Waals surface area (Å²) in [6, 6.07) is 26.3.